The molecule has 0 aliphatic heterocycles. The number of aryl methyl sites for hydroxylation is 1. The fraction of sp³-hybridized carbons (Fsp3) is 0.105. The second kappa shape index (κ2) is 5.59. The van der Waals surface area contributed by atoms with Crippen LogP contribution in [0.1, 0.15) is 0 Å². The number of pyridine rings is 1. The summed E-state index contributed by atoms with van der Waals surface area (Å²) in [6.45, 7) is 0. The van der Waals surface area contributed by atoms with E-state index in [9.17, 15) is 13.9 Å². The van der Waals surface area contributed by atoms with Crippen LogP contribution in [0.4, 0.5) is 14.5 Å². The van der Waals surface area contributed by atoms with Gasteiger partial charge in [-0.1, -0.05) is 6.07 Å². The summed E-state index contributed by atoms with van der Waals surface area (Å²) in [5.41, 5.74) is 6.99. The van der Waals surface area contributed by atoms with Crippen LogP contribution in [-0.4, -0.2) is 21.8 Å². The van der Waals surface area contributed by atoms with Crippen LogP contribution in [0, 0.1) is 11.6 Å². The summed E-state index contributed by atoms with van der Waals surface area (Å²) in [7, 11) is 3.03. The van der Waals surface area contributed by atoms with Crippen LogP contribution in [0.5, 0.6) is 11.6 Å². The third-order valence-corrected chi connectivity index (χ3v) is 4.49. The van der Waals surface area contributed by atoms with E-state index in [2.05, 4.69) is 4.98 Å². The third kappa shape index (κ3) is 2.10. The Balaban J connectivity index is 2.21. The minimum absolute atomic E-state index is 0.0236. The molecule has 7 heteroatoms. The first-order chi connectivity index (χ1) is 12.4. The van der Waals surface area contributed by atoms with Crippen molar-refractivity contribution in [3.8, 4) is 22.8 Å². The van der Waals surface area contributed by atoms with E-state index >= 15 is 0 Å². The van der Waals surface area contributed by atoms with Crippen LogP contribution in [0.15, 0.2) is 36.5 Å². The van der Waals surface area contributed by atoms with Gasteiger partial charge in [-0.15, -0.1) is 0 Å². The molecule has 4 rings (SSSR count). The van der Waals surface area contributed by atoms with Gasteiger partial charge in [0.1, 0.15) is 17.4 Å². The molecular formula is C19H15F2N3O2. The predicted octanol–water partition coefficient (Wildman–Crippen LogP) is 3.97. The maximum absolute atomic E-state index is 14.8. The first-order valence-corrected chi connectivity index (χ1v) is 7.82. The Morgan fingerprint density at radius 3 is 2.58 bits per heavy atom. The van der Waals surface area contributed by atoms with E-state index in [1.165, 1.54) is 35.9 Å². The largest absolute Gasteiger partial charge is 0.496 e. The number of ether oxygens (including phenoxy) is 1. The summed E-state index contributed by atoms with van der Waals surface area (Å²) in [4.78, 5) is 4.45. The summed E-state index contributed by atoms with van der Waals surface area (Å²) in [6, 6.07) is 6.93. The molecule has 0 fully saturated rings. The smallest absolute Gasteiger partial charge is 0.202 e. The number of anilines is 1. The Bertz CT molecular complexity index is 1190. The van der Waals surface area contributed by atoms with Gasteiger partial charge in [0.2, 0.25) is 5.88 Å². The zero-order chi connectivity index (χ0) is 18.6. The number of halogens is 2. The van der Waals surface area contributed by atoms with Crippen molar-refractivity contribution < 1.29 is 18.6 Å². The Kier molecular flexibility index (Phi) is 3.47. The molecule has 2 aromatic heterocycles. The summed E-state index contributed by atoms with van der Waals surface area (Å²) in [6.07, 6.45) is 1.58. The molecule has 0 saturated heterocycles. The SMILES string of the molecule is COc1cccc(F)c1-c1c(F)ccc2c(N)c3c(O)n(C)cc3nc12. The fourth-order valence-electron chi connectivity index (χ4n) is 3.25. The predicted molar refractivity (Wildman–Crippen MR) is 96.2 cm³/mol. The van der Waals surface area contributed by atoms with Gasteiger partial charge in [0.25, 0.3) is 0 Å². The van der Waals surface area contributed by atoms with E-state index in [0.29, 0.717) is 16.3 Å². The second-order valence-corrected chi connectivity index (χ2v) is 5.98. The molecule has 5 nitrogen and oxygen atoms in total. The van der Waals surface area contributed by atoms with Gasteiger partial charge in [-0.25, -0.2) is 13.8 Å². The number of nitrogens with two attached hydrogens (primary N) is 1. The Morgan fingerprint density at radius 1 is 1.12 bits per heavy atom. The molecule has 3 N–H and O–H groups in total. The number of aromatic hydroxyl groups is 1. The maximum Gasteiger partial charge on any atom is 0.202 e. The number of hydrogen-bond donors (Lipinski definition) is 2. The van der Waals surface area contributed by atoms with E-state index in [1.807, 2.05) is 0 Å². The highest BCUT2D eigenvalue weighted by atomic mass is 19.1. The van der Waals surface area contributed by atoms with Gasteiger partial charge in [0, 0.05) is 18.6 Å². The van der Waals surface area contributed by atoms with E-state index < -0.39 is 11.6 Å². The molecule has 132 valence electrons. The molecule has 0 atom stereocenters. The minimum atomic E-state index is -0.646. The highest BCUT2D eigenvalue weighted by molar-refractivity contribution is 6.12. The topological polar surface area (TPSA) is 73.3 Å². The van der Waals surface area contributed by atoms with Gasteiger partial charge < -0.3 is 20.1 Å². The molecular weight excluding hydrogens is 340 g/mol. The number of benzene rings is 2. The van der Waals surface area contributed by atoms with Crippen molar-refractivity contribution >= 4 is 27.5 Å². The average Bonchev–Trinajstić information content (AvgIpc) is 2.90. The number of methoxy groups -OCH3 is 1. The highest BCUT2D eigenvalue weighted by Crippen LogP contribution is 2.42. The van der Waals surface area contributed by atoms with Gasteiger partial charge in [-0.2, -0.15) is 0 Å². The molecule has 0 aliphatic rings. The van der Waals surface area contributed by atoms with Crippen LogP contribution in [0.3, 0.4) is 0 Å². The lowest BCUT2D eigenvalue weighted by atomic mass is 9.98. The van der Waals surface area contributed by atoms with Gasteiger partial charge >= 0.3 is 0 Å². The standard InChI is InChI=1S/C19H15F2N3O2/c1-24-8-12-16(19(24)25)17(22)9-6-7-11(21)15(18(9)23-12)14-10(20)4-3-5-13(14)26-2/h3-8,25H,22H2,1-2H3. The quantitative estimate of drug-likeness (QED) is 0.571. The van der Waals surface area contributed by atoms with Gasteiger partial charge in [-0.05, 0) is 24.3 Å². The maximum atomic E-state index is 14.8. The number of aromatic nitrogens is 2. The van der Waals surface area contributed by atoms with Gasteiger partial charge in [-0.3, -0.25) is 0 Å². The summed E-state index contributed by atoms with van der Waals surface area (Å²) in [5.74, 6) is -1.13. The second-order valence-electron chi connectivity index (χ2n) is 5.98. The summed E-state index contributed by atoms with van der Waals surface area (Å²) in [5, 5.41) is 11.0. The van der Waals surface area contributed by atoms with Gasteiger partial charge in [0.15, 0.2) is 0 Å². The lowest BCUT2D eigenvalue weighted by Gasteiger charge is -2.14. The highest BCUT2D eigenvalue weighted by Gasteiger charge is 2.22. The van der Waals surface area contributed by atoms with Crippen molar-refractivity contribution in [3.05, 3.63) is 48.2 Å². The molecule has 0 unspecified atom stereocenters. The molecule has 2 heterocycles. The molecule has 0 radical (unpaired) electrons. The van der Waals surface area contributed by atoms with E-state index in [4.69, 9.17) is 10.5 Å². The van der Waals surface area contributed by atoms with Crippen LogP contribution >= 0.6 is 0 Å². The summed E-state index contributed by atoms with van der Waals surface area (Å²) >= 11 is 0. The lowest BCUT2D eigenvalue weighted by Crippen LogP contribution is -1.98. The zero-order valence-corrected chi connectivity index (χ0v) is 14.0. The van der Waals surface area contributed by atoms with Crippen LogP contribution in [0.2, 0.25) is 0 Å². The van der Waals surface area contributed by atoms with E-state index in [1.54, 1.807) is 19.3 Å². The van der Waals surface area contributed by atoms with Crippen molar-refractivity contribution in [2.45, 2.75) is 0 Å². The molecule has 0 saturated carbocycles. The molecule has 26 heavy (non-hydrogen) atoms. The Hall–Kier alpha value is -3.35. The van der Waals surface area contributed by atoms with Crippen molar-refractivity contribution in [1.29, 1.82) is 0 Å². The molecule has 0 aliphatic carbocycles. The van der Waals surface area contributed by atoms with E-state index in [0.717, 1.165) is 0 Å². The Morgan fingerprint density at radius 2 is 1.85 bits per heavy atom. The number of rotatable bonds is 2. The minimum Gasteiger partial charge on any atom is -0.496 e. The first-order valence-electron chi connectivity index (χ1n) is 7.82. The van der Waals surface area contributed by atoms with Gasteiger partial charge in [0.05, 0.1) is 40.3 Å². The van der Waals surface area contributed by atoms with Crippen LogP contribution in [-0.2, 0) is 7.05 Å². The third-order valence-electron chi connectivity index (χ3n) is 4.49. The molecule has 0 spiro atoms. The first kappa shape index (κ1) is 16.1. The van der Waals surface area contributed by atoms with E-state index in [-0.39, 0.29) is 34.0 Å². The molecule has 2 aromatic carbocycles. The number of hydrogen-bond acceptors (Lipinski definition) is 4. The van der Waals surface area contributed by atoms with Crippen LogP contribution < -0.4 is 10.5 Å². The molecule has 0 bridgehead atoms. The van der Waals surface area contributed by atoms with Crippen molar-refractivity contribution in [1.82, 2.24) is 9.55 Å². The monoisotopic (exact) mass is 355 g/mol. The fourth-order valence-corrected chi connectivity index (χ4v) is 3.25. The molecule has 0 amide bonds. The zero-order valence-electron chi connectivity index (χ0n) is 14.0. The number of nitrogen functional groups attached to an aromatic ring is 1. The normalized spacial score (nSPS) is 11.4. The number of nitrogens with zero attached hydrogens (tertiary/aromatic N) is 2. The number of fused-ring (bicyclic) bond motifs is 2. The van der Waals surface area contributed by atoms with Crippen molar-refractivity contribution in [2.24, 2.45) is 7.05 Å². The lowest BCUT2D eigenvalue weighted by molar-refractivity contribution is 0.413. The van der Waals surface area contributed by atoms with Crippen molar-refractivity contribution in [3.63, 3.8) is 0 Å². The van der Waals surface area contributed by atoms with Crippen molar-refractivity contribution in [2.75, 3.05) is 12.8 Å². The van der Waals surface area contributed by atoms with Crippen LogP contribution in [0.25, 0.3) is 32.9 Å². The Labute approximate surface area is 147 Å². The average molecular weight is 355 g/mol. The summed E-state index contributed by atoms with van der Waals surface area (Å²) < 4.78 is 36.0. The molecule has 4 aromatic rings.